The van der Waals surface area contributed by atoms with Crippen LogP contribution in [0.25, 0.3) is 0 Å². The third-order valence-electron chi connectivity index (χ3n) is 4.16. The molecule has 1 N–H and O–H groups in total. The van der Waals surface area contributed by atoms with Crippen molar-refractivity contribution in [2.45, 2.75) is 25.8 Å². The van der Waals surface area contributed by atoms with Gasteiger partial charge < -0.3 is 10.2 Å². The van der Waals surface area contributed by atoms with E-state index in [2.05, 4.69) is 24.4 Å². The standard InChI is InChI=1S/C18H19ClN2O/c1-13-5-2-3-6-16(13)17-7-4-12-21(17)18(22)20-15-10-8-14(19)9-11-15/h2-3,5-6,8-11,17H,4,7,12H2,1H3,(H,20,22)/t17-/m1/s1. The van der Waals surface area contributed by atoms with Crippen LogP contribution in [-0.2, 0) is 0 Å². The number of benzene rings is 2. The summed E-state index contributed by atoms with van der Waals surface area (Å²) in [5.74, 6) is 0. The first-order valence-corrected chi connectivity index (χ1v) is 7.91. The molecule has 22 heavy (non-hydrogen) atoms. The molecule has 0 spiro atoms. The van der Waals surface area contributed by atoms with E-state index in [1.165, 1.54) is 11.1 Å². The highest BCUT2D eigenvalue weighted by atomic mass is 35.5. The number of carbonyl (C=O) groups excluding carboxylic acids is 1. The predicted molar refractivity (Wildman–Crippen MR) is 90.3 cm³/mol. The minimum atomic E-state index is -0.0481. The van der Waals surface area contributed by atoms with Crippen LogP contribution in [0.1, 0.15) is 30.0 Å². The zero-order valence-electron chi connectivity index (χ0n) is 12.6. The second kappa shape index (κ2) is 6.41. The second-order valence-electron chi connectivity index (χ2n) is 5.65. The highest BCUT2D eigenvalue weighted by Crippen LogP contribution is 2.34. The Kier molecular flexibility index (Phi) is 4.34. The maximum absolute atomic E-state index is 12.6. The van der Waals surface area contributed by atoms with Gasteiger partial charge in [0.15, 0.2) is 0 Å². The number of carbonyl (C=O) groups is 1. The Balaban J connectivity index is 1.76. The summed E-state index contributed by atoms with van der Waals surface area (Å²) < 4.78 is 0. The number of nitrogens with zero attached hydrogens (tertiary/aromatic N) is 1. The molecule has 0 radical (unpaired) electrons. The molecule has 3 nitrogen and oxygen atoms in total. The first-order chi connectivity index (χ1) is 10.6. The SMILES string of the molecule is Cc1ccccc1[C@H]1CCCN1C(=O)Nc1ccc(Cl)cc1. The van der Waals surface area contributed by atoms with Crippen LogP contribution in [0.2, 0.25) is 5.02 Å². The lowest BCUT2D eigenvalue weighted by atomic mass is 9.99. The molecule has 0 aromatic heterocycles. The molecule has 1 heterocycles. The molecule has 0 bridgehead atoms. The van der Waals surface area contributed by atoms with Crippen molar-refractivity contribution >= 4 is 23.3 Å². The molecule has 1 aliphatic rings. The van der Waals surface area contributed by atoms with Gasteiger partial charge in [-0.3, -0.25) is 0 Å². The fourth-order valence-corrected chi connectivity index (χ4v) is 3.15. The van der Waals surface area contributed by atoms with Crippen LogP contribution < -0.4 is 5.32 Å². The number of anilines is 1. The van der Waals surface area contributed by atoms with E-state index in [4.69, 9.17) is 11.6 Å². The lowest BCUT2D eigenvalue weighted by Gasteiger charge is -2.26. The van der Waals surface area contributed by atoms with Gasteiger partial charge in [-0.05, 0) is 55.2 Å². The number of urea groups is 1. The van der Waals surface area contributed by atoms with Gasteiger partial charge in [0.1, 0.15) is 0 Å². The normalized spacial score (nSPS) is 17.5. The fraction of sp³-hybridized carbons (Fsp3) is 0.278. The number of amides is 2. The van der Waals surface area contributed by atoms with Crippen molar-refractivity contribution in [1.82, 2.24) is 4.90 Å². The van der Waals surface area contributed by atoms with Crippen LogP contribution in [0, 0.1) is 6.92 Å². The number of nitrogens with one attached hydrogen (secondary N) is 1. The molecule has 1 fully saturated rings. The van der Waals surface area contributed by atoms with Gasteiger partial charge in [-0.1, -0.05) is 35.9 Å². The highest BCUT2D eigenvalue weighted by molar-refractivity contribution is 6.30. The maximum Gasteiger partial charge on any atom is 0.322 e. The molecule has 1 aliphatic heterocycles. The summed E-state index contributed by atoms with van der Waals surface area (Å²) in [5.41, 5.74) is 3.25. The smallest absolute Gasteiger partial charge is 0.317 e. The summed E-state index contributed by atoms with van der Waals surface area (Å²) in [7, 11) is 0. The molecule has 2 amide bonds. The van der Waals surface area contributed by atoms with E-state index < -0.39 is 0 Å². The summed E-state index contributed by atoms with van der Waals surface area (Å²) >= 11 is 5.87. The first-order valence-electron chi connectivity index (χ1n) is 7.54. The van der Waals surface area contributed by atoms with Gasteiger partial charge in [0, 0.05) is 17.3 Å². The molecule has 0 saturated carbocycles. The van der Waals surface area contributed by atoms with Crippen LogP contribution in [0.4, 0.5) is 10.5 Å². The average Bonchev–Trinajstić information content (AvgIpc) is 2.99. The Morgan fingerprint density at radius 3 is 2.64 bits per heavy atom. The van der Waals surface area contributed by atoms with E-state index in [9.17, 15) is 4.79 Å². The molecule has 2 aromatic rings. The molecule has 2 aromatic carbocycles. The van der Waals surface area contributed by atoms with Crippen molar-refractivity contribution in [1.29, 1.82) is 0 Å². The van der Waals surface area contributed by atoms with E-state index in [0.717, 1.165) is 25.1 Å². The topological polar surface area (TPSA) is 32.3 Å². The van der Waals surface area contributed by atoms with Gasteiger partial charge in [0.25, 0.3) is 0 Å². The first kappa shape index (κ1) is 14.9. The molecule has 4 heteroatoms. The van der Waals surface area contributed by atoms with Crippen LogP contribution >= 0.6 is 11.6 Å². The number of aryl methyl sites for hydroxylation is 1. The van der Waals surface area contributed by atoms with Gasteiger partial charge in [-0.2, -0.15) is 0 Å². The zero-order valence-corrected chi connectivity index (χ0v) is 13.3. The fourth-order valence-electron chi connectivity index (χ4n) is 3.02. The summed E-state index contributed by atoms with van der Waals surface area (Å²) in [5, 5.41) is 3.62. The van der Waals surface area contributed by atoms with Gasteiger partial charge in [-0.15, -0.1) is 0 Å². The van der Waals surface area contributed by atoms with Crippen molar-refractivity contribution in [2.75, 3.05) is 11.9 Å². The Morgan fingerprint density at radius 1 is 1.18 bits per heavy atom. The Morgan fingerprint density at radius 2 is 1.91 bits per heavy atom. The van der Waals surface area contributed by atoms with E-state index >= 15 is 0 Å². The summed E-state index contributed by atoms with van der Waals surface area (Å²) in [6, 6.07) is 15.6. The Labute approximate surface area is 135 Å². The van der Waals surface area contributed by atoms with Crippen molar-refractivity contribution in [2.24, 2.45) is 0 Å². The van der Waals surface area contributed by atoms with Crippen LogP contribution in [-0.4, -0.2) is 17.5 Å². The largest absolute Gasteiger partial charge is 0.322 e. The maximum atomic E-state index is 12.6. The molecule has 114 valence electrons. The second-order valence-corrected chi connectivity index (χ2v) is 6.08. The molecular formula is C18H19ClN2O. The Bertz CT molecular complexity index is 669. The molecule has 1 saturated heterocycles. The van der Waals surface area contributed by atoms with Gasteiger partial charge >= 0.3 is 6.03 Å². The number of hydrogen-bond acceptors (Lipinski definition) is 1. The lowest BCUT2D eigenvalue weighted by Crippen LogP contribution is -2.34. The van der Waals surface area contributed by atoms with Crippen molar-refractivity contribution in [3.63, 3.8) is 0 Å². The predicted octanol–water partition coefficient (Wildman–Crippen LogP) is 5.02. The summed E-state index contributed by atoms with van der Waals surface area (Å²) in [6.07, 6.45) is 2.05. The third-order valence-corrected chi connectivity index (χ3v) is 4.41. The summed E-state index contributed by atoms with van der Waals surface area (Å²) in [6.45, 7) is 2.89. The molecule has 0 aliphatic carbocycles. The molecular weight excluding hydrogens is 296 g/mol. The van der Waals surface area contributed by atoms with Gasteiger partial charge in [0.2, 0.25) is 0 Å². The van der Waals surface area contributed by atoms with Crippen molar-refractivity contribution in [3.05, 3.63) is 64.7 Å². The van der Waals surface area contributed by atoms with Crippen LogP contribution in [0.3, 0.4) is 0 Å². The average molecular weight is 315 g/mol. The van der Waals surface area contributed by atoms with E-state index in [1.54, 1.807) is 12.1 Å². The number of likely N-dealkylation sites (tertiary alicyclic amines) is 1. The summed E-state index contributed by atoms with van der Waals surface area (Å²) in [4.78, 5) is 14.5. The number of rotatable bonds is 2. The number of hydrogen-bond donors (Lipinski definition) is 1. The Hall–Kier alpha value is -2.00. The zero-order chi connectivity index (χ0) is 15.5. The van der Waals surface area contributed by atoms with Crippen molar-refractivity contribution < 1.29 is 4.79 Å². The van der Waals surface area contributed by atoms with E-state index in [-0.39, 0.29) is 12.1 Å². The third kappa shape index (κ3) is 3.09. The monoisotopic (exact) mass is 314 g/mol. The molecule has 1 atom stereocenters. The number of halogens is 1. The van der Waals surface area contributed by atoms with Crippen molar-refractivity contribution in [3.8, 4) is 0 Å². The van der Waals surface area contributed by atoms with Crippen LogP contribution in [0.5, 0.6) is 0 Å². The molecule has 0 unspecified atom stereocenters. The van der Waals surface area contributed by atoms with Gasteiger partial charge in [0.05, 0.1) is 6.04 Å². The lowest BCUT2D eigenvalue weighted by molar-refractivity contribution is 0.207. The van der Waals surface area contributed by atoms with Crippen LogP contribution in [0.15, 0.2) is 48.5 Å². The van der Waals surface area contributed by atoms with E-state index in [0.29, 0.717) is 5.02 Å². The molecule has 3 rings (SSSR count). The highest BCUT2D eigenvalue weighted by Gasteiger charge is 2.30. The quantitative estimate of drug-likeness (QED) is 0.829. The van der Waals surface area contributed by atoms with Gasteiger partial charge in [-0.25, -0.2) is 4.79 Å². The van der Waals surface area contributed by atoms with E-state index in [1.807, 2.05) is 29.2 Å². The minimum Gasteiger partial charge on any atom is -0.317 e. The minimum absolute atomic E-state index is 0.0481.